The Kier molecular flexibility index (Phi) is 6.16. The second-order valence-electron chi connectivity index (χ2n) is 11.7. The van der Waals surface area contributed by atoms with Crippen molar-refractivity contribution < 1.29 is 9.90 Å². The summed E-state index contributed by atoms with van der Waals surface area (Å²) in [7, 11) is 0. The summed E-state index contributed by atoms with van der Waals surface area (Å²) in [5.41, 5.74) is 2.99. The first-order valence-corrected chi connectivity index (χ1v) is 13.6. The largest absolute Gasteiger partial charge is 0.387 e. The first-order chi connectivity index (χ1) is 17.8. The summed E-state index contributed by atoms with van der Waals surface area (Å²) in [4.78, 5) is 27.6. The molecule has 2 aliphatic heterocycles. The number of hydrogen-bond donors (Lipinski definition) is 2. The van der Waals surface area contributed by atoms with E-state index in [1.165, 1.54) is 5.39 Å². The van der Waals surface area contributed by atoms with Crippen molar-refractivity contribution in [3.05, 3.63) is 65.6 Å². The molecule has 4 atom stereocenters. The van der Waals surface area contributed by atoms with Crippen LogP contribution in [0.5, 0.6) is 0 Å². The lowest BCUT2D eigenvalue weighted by Gasteiger charge is -2.39. The molecule has 2 N–H and O–H groups in total. The van der Waals surface area contributed by atoms with Crippen LogP contribution in [0.3, 0.4) is 0 Å². The van der Waals surface area contributed by atoms with Crippen LogP contribution < -0.4 is 10.2 Å². The second-order valence-corrected chi connectivity index (χ2v) is 11.7. The highest BCUT2D eigenvalue weighted by molar-refractivity contribution is 5.93. The molecule has 0 spiro atoms. The highest BCUT2D eigenvalue weighted by Gasteiger charge is 2.42. The number of hydrogen-bond acceptors (Lipinski definition) is 6. The Balaban J connectivity index is 1.27. The first-order valence-electron chi connectivity index (χ1n) is 13.6. The number of rotatable bonds is 4. The molecule has 37 heavy (non-hydrogen) atoms. The SMILES string of the molecule is C[C@@H]1C[C@@H](O)c2ncnc(N3CCN(C(=O)C(c4cccc5ccccc45)C4CCC(C)(C)N4)CC3)c21. The molecule has 1 amide bonds. The van der Waals surface area contributed by atoms with E-state index in [0.717, 1.165) is 54.0 Å². The lowest BCUT2D eigenvalue weighted by atomic mass is 9.85. The van der Waals surface area contributed by atoms with Crippen LogP contribution in [-0.4, -0.2) is 63.6 Å². The molecule has 2 unspecified atom stereocenters. The van der Waals surface area contributed by atoms with Crippen molar-refractivity contribution in [1.29, 1.82) is 0 Å². The summed E-state index contributed by atoms with van der Waals surface area (Å²) in [5, 5.41) is 16.5. The number of nitrogens with zero attached hydrogens (tertiary/aromatic N) is 4. The maximum atomic E-state index is 14.3. The fourth-order valence-corrected chi connectivity index (χ4v) is 6.75. The Labute approximate surface area is 218 Å². The summed E-state index contributed by atoms with van der Waals surface area (Å²) in [6, 6.07) is 14.9. The molecule has 7 heteroatoms. The Morgan fingerprint density at radius 3 is 2.59 bits per heavy atom. The zero-order chi connectivity index (χ0) is 25.7. The third-order valence-corrected chi connectivity index (χ3v) is 8.65. The number of piperazine rings is 1. The molecule has 2 aromatic carbocycles. The molecule has 1 aliphatic carbocycles. The number of nitrogens with one attached hydrogen (secondary N) is 1. The molecule has 0 radical (unpaired) electrons. The van der Waals surface area contributed by atoms with E-state index >= 15 is 0 Å². The van der Waals surface area contributed by atoms with Gasteiger partial charge in [0.25, 0.3) is 0 Å². The molecule has 2 saturated heterocycles. The summed E-state index contributed by atoms with van der Waals surface area (Å²) in [6.07, 6.45) is 3.79. The average molecular weight is 500 g/mol. The third-order valence-electron chi connectivity index (χ3n) is 8.65. The van der Waals surface area contributed by atoms with Crippen LogP contribution in [0.4, 0.5) is 5.82 Å². The minimum Gasteiger partial charge on any atom is -0.387 e. The van der Waals surface area contributed by atoms with Crippen LogP contribution in [0, 0.1) is 0 Å². The predicted octanol–water partition coefficient (Wildman–Crippen LogP) is 4.13. The maximum absolute atomic E-state index is 14.3. The lowest BCUT2D eigenvalue weighted by Crippen LogP contribution is -2.53. The van der Waals surface area contributed by atoms with Gasteiger partial charge in [-0.25, -0.2) is 9.97 Å². The molecule has 1 aromatic heterocycles. The average Bonchev–Trinajstić information content (AvgIpc) is 3.41. The van der Waals surface area contributed by atoms with Crippen LogP contribution in [0.1, 0.15) is 74.8 Å². The van der Waals surface area contributed by atoms with E-state index in [9.17, 15) is 9.90 Å². The molecular weight excluding hydrogens is 462 g/mol. The van der Waals surface area contributed by atoms with Crippen molar-refractivity contribution in [1.82, 2.24) is 20.2 Å². The van der Waals surface area contributed by atoms with Gasteiger partial charge in [-0.05, 0) is 55.4 Å². The van der Waals surface area contributed by atoms with Crippen LogP contribution in [0.25, 0.3) is 10.8 Å². The predicted molar refractivity (Wildman–Crippen MR) is 146 cm³/mol. The Bertz CT molecular complexity index is 1310. The maximum Gasteiger partial charge on any atom is 0.231 e. The number of anilines is 1. The summed E-state index contributed by atoms with van der Waals surface area (Å²) >= 11 is 0. The van der Waals surface area contributed by atoms with E-state index in [-0.39, 0.29) is 29.3 Å². The number of carbonyl (C=O) groups is 1. The van der Waals surface area contributed by atoms with Gasteiger partial charge in [0.15, 0.2) is 0 Å². The first kappa shape index (κ1) is 24.3. The molecule has 194 valence electrons. The van der Waals surface area contributed by atoms with Gasteiger partial charge in [0.05, 0.1) is 17.7 Å². The van der Waals surface area contributed by atoms with Gasteiger partial charge >= 0.3 is 0 Å². The Morgan fingerprint density at radius 1 is 1.08 bits per heavy atom. The van der Waals surface area contributed by atoms with E-state index < -0.39 is 6.10 Å². The van der Waals surface area contributed by atoms with Gasteiger partial charge in [-0.2, -0.15) is 0 Å². The highest BCUT2D eigenvalue weighted by Crippen LogP contribution is 2.43. The molecule has 3 heterocycles. The number of benzene rings is 2. The van der Waals surface area contributed by atoms with Gasteiger partial charge in [0.2, 0.25) is 5.91 Å². The molecule has 7 nitrogen and oxygen atoms in total. The number of carbonyl (C=O) groups excluding carboxylic acids is 1. The number of amides is 1. The zero-order valence-corrected chi connectivity index (χ0v) is 22.0. The molecule has 2 fully saturated rings. The fourth-order valence-electron chi connectivity index (χ4n) is 6.75. The Morgan fingerprint density at radius 2 is 1.84 bits per heavy atom. The van der Waals surface area contributed by atoms with Gasteiger partial charge in [-0.3, -0.25) is 4.79 Å². The van der Waals surface area contributed by atoms with Crippen molar-refractivity contribution in [3.8, 4) is 0 Å². The molecule has 3 aliphatic rings. The third kappa shape index (κ3) is 4.38. The minimum absolute atomic E-state index is 0.0289. The van der Waals surface area contributed by atoms with Gasteiger partial charge in [-0.1, -0.05) is 49.4 Å². The fraction of sp³-hybridized carbons (Fsp3) is 0.500. The van der Waals surface area contributed by atoms with Crippen LogP contribution in [-0.2, 0) is 4.79 Å². The van der Waals surface area contributed by atoms with Gasteiger partial charge in [0.1, 0.15) is 12.1 Å². The van der Waals surface area contributed by atoms with Crippen molar-refractivity contribution in [2.75, 3.05) is 31.1 Å². The number of aromatic nitrogens is 2. The second kappa shape index (κ2) is 9.37. The monoisotopic (exact) mass is 499 g/mol. The normalized spacial score (nSPS) is 25.9. The van der Waals surface area contributed by atoms with Crippen LogP contribution >= 0.6 is 0 Å². The topological polar surface area (TPSA) is 81.6 Å². The molecule has 3 aromatic rings. The van der Waals surface area contributed by atoms with Crippen molar-refractivity contribution in [3.63, 3.8) is 0 Å². The highest BCUT2D eigenvalue weighted by atomic mass is 16.3. The molecule has 0 bridgehead atoms. The minimum atomic E-state index is -0.515. The van der Waals surface area contributed by atoms with Gasteiger partial charge in [-0.15, -0.1) is 0 Å². The van der Waals surface area contributed by atoms with Gasteiger partial charge in [0, 0.05) is 43.3 Å². The van der Waals surface area contributed by atoms with E-state index in [0.29, 0.717) is 19.5 Å². The molecule has 6 rings (SSSR count). The standard InChI is InChI=1S/C30H37N5O2/c1-19-17-24(36)27-25(19)28(32-18-31-27)34-13-15-35(16-14-34)29(37)26(23-11-12-30(2,3)33-23)22-10-6-8-20-7-4-5-9-21(20)22/h4-10,18-19,23-24,26,33,36H,11-17H2,1-3H3/t19-,23?,24-,26?/m1/s1. The van der Waals surface area contributed by atoms with Crippen molar-refractivity contribution in [2.45, 2.75) is 69.6 Å². The lowest BCUT2D eigenvalue weighted by molar-refractivity contribution is -0.133. The van der Waals surface area contributed by atoms with E-state index in [4.69, 9.17) is 0 Å². The van der Waals surface area contributed by atoms with Crippen LogP contribution in [0.15, 0.2) is 48.8 Å². The molecular formula is C30H37N5O2. The summed E-state index contributed by atoms with van der Waals surface area (Å²) < 4.78 is 0. The van der Waals surface area contributed by atoms with E-state index in [1.807, 2.05) is 0 Å². The van der Waals surface area contributed by atoms with E-state index in [1.54, 1.807) is 6.33 Å². The van der Waals surface area contributed by atoms with Crippen molar-refractivity contribution in [2.24, 2.45) is 0 Å². The van der Waals surface area contributed by atoms with Gasteiger partial charge < -0.3 is 20.2 Å². The number of aliphatic hydroxyl groups excluding tert-OH is 1. The quantitative estimate of drug-likeness (QED) is 0.562. The molecule has 0 saturated carbocycles. The number of fused-ring (bicyclic) bond motifs is 2. The summed E-state index contributed by atoms with van der Waals surface area (Å²) in [6.45, 7) is 9.36. The Hall–Kier alpha value is -3.03. The zero-order valence-electron chi connectivity index (χ0n) is 22.0. The van der Waals surface area contributed by atoms with E-state index in [2.05, 4.69) is 88.3 Å². The summed E-state index contributed by atoms with van der Waals surface area (Å²) in [5.74, 6) is 1.14. The smallest absolute Gasteiger partial charge is 0.231 e. The van der Waals surface area contributed by atoms with Crippen molar-refractivity contribution >= 4 is 22.5 Å². The number of aliphatic hydroxyl groups is 1. The van der Waals surface area contributed by atoms with Crippen LogP contribution in [0.2, 0.25) is 0 Å².